The van der Waals surface area contributed by atoms with E-state index in [0.717, 1.165) is 49.0 Å². The zero-order valence-corrected chi connectivity index (χ0v) is 24.5. The number of nitrogens with zero attached hydrogens (tertiary/aromatic N) is 4. The number of guanidine groups is 1. The zero-order valence-electron chi connectivity index (χ0n) is 23.7. The highest BCUT2D eigenvalue weighted by molar-refractivity contribution is 7.92. The average Bonchev–Trinajstić information content (AvgIpc) is 3.84. The summed E-state index contributed by atoms with van der Waals surface area (Å²) in [5, 5.41) is 7.85. The number of hydrogen-bond donors (Lipinski definition) is 2. The molecular formula is C32H38N6O3S. The summed E-state index contributed by atoms with van der Waals surface area (Å²) in [5.41, 5.74) is 9.36. The van der Waals surface area contributed by atoms with Crippen molar-refractivity contribution >= 4 is 28.0 Å². The van der Waals surface area contributed by atoms with Crippen molar-refractivity contribution in [1.29, 1.82) is 5.41 Å². The highest BCUT2D eigenvalue weighted by Gasteiger charge is 2.28. The molecule has 1 saturated carbocycles. The van der Waals surface area contributed by atoms with Crippen molar-refractivity contribution in [3.05, 3.63) is 89.5 Å². The van der Waals surface area contributed by atoms with E-state index < -0.39 is 10.0 Å². The summed E-state index contributed by atoms with van der Waals surface area (Å²) in [4.78, 5) is 8.84. The van der Waals surface area contributed by atoms with Crippen LogP contribution in [0.25, 0.3) is 0 Å². The molecule has 42 heavy (non-hydrogen) atoms. The fourth-order valence-corrected chi connectivity index (χ4v) is 6.94. The molecule has 2 fully saturated rings. The van der Waals surface area contributed by atoms with Gasteiger partial charge in [0.15, 0.2) is 5.96 Å². The second-order valence-electron chi connectivity index (χ2n) is 11.3. The first kappa shape index (κ1) is 28.1. The molecule has 3 aliphatic rings. The van der Waals surface area contributed by atoms with Crippen LogP contribution in [0.5, 0.6) is 5.75 Å². The standard InChI is InChI=1S/C32H38N6O3S/c33-32(34)37-19-14-25-6-9-28(20-26(25)22-37)38(21-24-4-2-1-3-5-24)42(39,40)31-12-10-29(11-13-31)41-30-15-17-36(18-16-30)23-35-27-7-8-27/h1-6,9-13,20,23,27,30H,7-8,14-19,21-22H2,(H3,33,34). The average molecular weight is 587 g/mol. The Balaban J connectivity index is 1.20. The Labute approximate surface area is 248 Å². The van der Waals surface area contributed by atoms with Crippen LogP contribution >= 0.6 is 0 Å². The van der Waals surface area contributed by atoms with Crippen molar-refractivity contribution in [2.24, 2.45) is 10.7 Å². The maximum atomic E-state index is 14.1. The first-order valence-electron chi connectivity index (χ1n) is 14.7. The number of sulfonamides is 1. The van der Waals surface area contributed by atoms with Gasteiger partial charge in [0, 0.05) is 39.0 Å². The lowest BCUT2D eigenvalue weighted by Gasteiger charge is -2.31. The fraction of sp³-hybridized carbons (Fsp3) is 0.375. The number of fused-ring (bicyclic) bond motifs is 1. The van der Waals surface area contributed by atoms with E-state index >= 15 is 0 Å². The highest BCUT2D eigenvalue weighted by Crippen LogP contribution is 2.31. The van der Waals surface area contributed by atoms with Gasteiger partial charge in [-0.15, -0.1) is 0 Å². The van der Waals surface area contributed by atoms with Gasteiger partial charge in [0.25, 0.3) is 10.0 Å². The predicted octanol–water partition coefficient (Wildman–Crippen LogP) is 4.37. The third-order valence-electron chi connectivity index (χ3n) is 8.18. The van der Waals surface area contributed by atoms with Crippen LogP contribution in [-0.2, 0) is 29.5 Å². The van der Waals surface area contributed by atoms with Crippen molar-refractivity contribution in [3.63, 3.8) is 0 Å². The Morgan fingerprint density at radius 3 is 2.40 bits per heavy atom. The van der Waals surface area contributed by atoms with Crippen LogP contribution in [0.4, 0.5) is 5.69 Å². The lowest BCUT2D eigenvalue weighted by Crippen LogP contribution is -2.40. The maximum Gasteiger partial charge on any atom is 0.264 e. The molecule has 0 atom stereocenters. The monoisotopic (exact) mass is 586 g/mol. The van der Waals surface area contributed by atoms with Gasteiger partial charge in [0.2, 0.25) is 0 Å². The molecule has 0 spiro atoms. The molecule has 10 heteroatoms. The van der Waals surface area contributed by atoms with Crippen LogP contribution < -0.4 is 14.8 Å². The van der Waals surface area contributed by atoms with Gasteiger partial charge in [-0.05, 0) is 72.4 Å². The minimum atomic E-state index is -3.90. The normalized spacial score (nSPS) is 17.7. The molecule has 3 aromatic rings. The maximum absolute atomic E-state index is 14.1. The van der Waals surface area contributed by atoms with Crippen molar-refractivity contribution in [2.75, 3.05) is 23.9 Å². The predicted molar refractivity (Wildman–Crippen MR) is 165 cm³/mol. The number of piperidine rings is 1. The lowest BCUT2D eigenvalue weighted by molar-refractivity contribution is 0.132. The first-order chi connectivity index (χ1) is 20.3. The number of nitrogens with one attached hydrogen (secondary N) is 1. The number of nitrogens with two attached hydrogens (primary N) is 1. The molecule has 1 saturated heterocycles. The van der Waals surface area contributed by atoms with E-state index in [9.17, 15) is 8.42 Å². The molecule has 2 aliphatic heterocycles. The van der Waals surface area contributed by atoms with Crippen LogP contribution in [0.15, 0.2) is 82.7 Å². The quantitative estimate of drug-likeness (QED) is 0.284. The summed E-state index contributed by atoms with van der Waals surface area (Å²) in [6, 6.07) is 22.7. The molecule has 3 aromatic carbocycles. The number of likely N-dealkylation sites (tertiary alicyclic amines) is 1. The molecule has 2 heterocycles. The van der Waals surface area contributed by atoms with Gasteiger partial charge in [-0.1, -0.05) is 36.4 Å². The van der Waals surface area contributed by atoms with Crippen molar-refractivity contribution in [3.8, 4) is 5.75 Å². The Bertz CT molecular complexity index is 1530. The smallest absolute Gasteiger partial charge is 0.264 e. The van der Waals surface area contributed by atoms with Gasteiger partial charge < -0.3 is 20.3 Å². The second kappa shape index (κ2) is 12.1. The molecular weight excluding hydrogens is 548 g/mol. The van der Waals surface area contributed by atoms with Crippen molar-refractivity contribution < 1.29 is 13.2 Å². The van der Waals surface area contributed by atoms with E-state index in [1.54, 1.807) is 29.2 Å². The molecule has 6 rings (SSSR count). The van der Waals surface area contributed by atoms with Gasteiger partial charge in [0.05, 0.1) is 29.5 Å². The Morgan fingerprint density at radius 1 is 0.976 bits per heavy atom. The van der Waals surface area contributed by atoms with E-state index in [1.807, 2.05) is 54.9 Å². The lowest BCUT2D eigenvalue weighted by atomic mass is 9.99. The minimum Gasteiger partial charge on any atom is -0.490 e. The van der Waals surface area contributed by atoms with Crippen LogP contribution in [0.3, 0.4) is 0 Å². The van der Waals surface area contributed by atoms with Crippen molar-refractivity contribution in [2.45, 2.75) is 62.2 Å². The summed E-state index contributed by atoms with van der Waals surface area (Å²) < 4.78 is 36.0. The van der Waals surface area contributed by atoms with Gasteiger partial charge >= 0.3 is 0 Å². The van der Waals surface area contributed by atoms with Gasteiger partial charge in [-0.25, -0.2) is 8.42 Å². The Kier molecular flexibility index (Phi) is 8.06. The largest absolute Gasteiger partial charge is 0.490 e. The van der Waals surface area contributed by atoms with Crippen LogP contribution in [0.1, 0.15) is 42.4 Å². The summed E-state index contributed by atoms with van der Waals surface area (Å²) in [7, 11) is -3.90. The minimum absolute atomic E-state index is 0.0232. The number of rotatable bonds is 9. The number of hydrogen-bond acceptors (Lipinski definition) is 5. The zero-order chi connectivity index (χ0) is 29.1. The third kappa shape index (κ3) is 6.54. The molecule has 220 valence electrons. The number of anilines is 1. The molecule has 3 N–H and O–H groups in total. The van der Waals surface area contributed by atoms with Gasteiger partial charge in [-0.3, -0.25) is 14.7 Å². The van der Waals surface area contributed by atoms with E-state index in [2.05, 4.69) is 9.89 Å². The second-order valence-corrected chi connectivity index (χ2v) is 13.2. The summed E-state index contributed by atoms with van der Waals surface area (Å²) >= 11 is 0. The Hall–Kier alpha value is -4.05. The Morgan fingerprint density at radius 2 is 1.71 bits per heavy atom. The molecule has 0 radical (unpaired) electrons. The van der Waals surface area contributed by atoms with Gasteiger partial charge in [-0.2, -0.15) is 0 Å². The van der Waals surface area contributed by atoms with Gasteiger partial charge in [0.1, 0.15) is 11.9 Å². The topological polar surface area (TPSA) is 115 Å². The van der Waals surface area contributed by atoms with Crippen molar-refractivity contribution in [1.82, 2.24) is 9.80 Å². The molecule has 1 aliphatic carbocycles. The molecule has 0 aromatic heterocycles. The molecule has 0 bridgehead atoms. The van der Waals surface area contributed by atoms with E-state index in [4.69, 9.17) is 15.9 Å². The van der Waals surface area contributed by atoms with E-state index in [1.165, 1.54) is 17.1 Å². The molecule has 0 amide bonds. The number of benzene rings is 3. The first-order valence-corrected chi connectivity index (χ1v) is 16.1. The van der Waals surface area contributed by atoms with Crippen LogP contribution in [0.2, 0.25) is 0 Å². The summed E-state index contributed by atoms with van der Waals surface area (Å²) in [6.07, 6.45) is 7.07. The van der Waals surface area contributed by atoms with E-state index in [0.29, 0.717) is 30.6 Å². The summed E-state index contributed by atoms with van der Waals surface area (Å²) in [5.74, 6) is 0.696. The van der Waals surface area contributed by atoms with Crippen LogP contribution in [-0.4, -0.2) is 62.3 Å². The van der Waals surface area contributed by atoms with E-state index in [-0.39, 0.29) is 23.5 Å². The number of aliphatic imine (C=N–C) groups is 1. The molecule has 9 nitrogen and oxygen atoms in total. The number of ether oxygens (including phenoxy) is 1. The summed E-state index contributed by atoms with van der Waals surface area (Å²) in [6.45, 7) is 3.17. The third-order valence-corrected chi connectivity index (χ3v) is 9.97. The molecule has 0 unspecified atom stereocenters. The van der Waals surface area contributed by atoms with Crippen LogP contribution in [0, 0.1) is 5.41 Å². The fourth-order valence-electron chi connectivity index (χ4n) is 5.50. The highest BCUT2D eigenvalue weighted by atomic mass is 32.2. The SMILES string of the molecule is N=C(N)N1CCc2ccc(N(Cc3ccccc3)S(=O)(=O)c3ccc(OC4CCN(C=NC5CC5)CC4)cc3)cc2C1.